The molecule has 3 unspecified atom stereocenters. The van der Waals surface area contributed by atoms with Gasteiger partial charge in [-0.05, 0) is 32.6 Å². The number of carbonyl (C=O) groups is 1. The Bertz CT molecular complexity index is 548. The minimum absolute atomic E-state index is 0.350. The molecule has 21 heavy (non-hydrogen) atoms. The average Bonchev–Trinajstić information content (AvgIpc) is 3.02. The van der Waals surface area contributed by atoms with E-state index in [2.05, 4.69) is 27.1 Å². The van der Waals surface area contributed by atoms with Gasteiger partial charge in [0, 0.05) is 31.9 Å². The van der Waals surface area contributed by atoms with E-state index < -0.39 is 0 Å². The Labute approximate surface area is 124 Å². The second kappa shape index (κ2) is 5.60. The second-order valence-corrected chi connectivity index (χ2v) is 5.86. The number of fused-ring (bicyclic) bond motifs is 1. The molecule has 0 spiro atoms. The van der Waals surface area contributed by atoms with Crippen molar-refractivity contribution in [3.05, 3.63) is 17.5 Å². The third-order valence-electron chi connectivity index (χ3n) is 4.65. The number of nitrogens with zero attached hydrogens (tertiary/aromatic N) is 3. The fourth-order valence-electron chi connectivity index (χ4n) is 3.43. The fourth-order valence-corrected chi connectivity index (χ4v) is 3.43. The van der Waals surface area contributed by atoms with Gasteiger partial charge in [0.25, 0.3) is 0 Å². The number of aromatic nitrogens is 2. The first-order chi connectivity index (χ1) is 10.1. The molecule has 1 aromatic rings. The van der Waals surface area contributed by atoms with Gasteiger partial charge in [-0.2, -0.15) is 0 Å². The van der Waals surface area contributed by atoms with Gasteiger partial charge in [0.2, 0.25) is 5.95 Å². The summed E-state index contributed by atoms with van der Waals surface area (Å²) >= 11 is 0. The third-order valence-corrected chi connectivity index (χ3v) is 4.65. The Morgan fingerprint density at radius 2 is 2.33 bits per heavy atom. The van der Waals surface area contributed by atoms with Crippen LogP contribution in [0.15, 0.2) is 6.20 Å². The fraction of sp³-hybridized carbons (Fsp3) is 0.667. The van der Waals surface area contributed by atoms with Crippen molar-refractivity contribution in [3.63, 3.8) is 0 Å². The van der Waals surface area contributed by atoms with Gasteiger partial charge in [0.15, 0.2) is 0 Å². The van der Waals surface area contributed by atoms with E-state index in [0.29, 0.717) is 35.7 Å². The zero-order valence-corrected chi connectivity index (χ0v) is 12.8. The second-order valence-electron chi connectivity index (χ2n) is 5.86. The van der Waals surface area contributed by atoms with Gasteiger partial charge in [-0.3, -0.25) is 0 Å². The average molecular weight is 290 g/mol. The monoisotopic (exact) mass is 290 g/mol. The summed E-state index contributed by atoms with van der Waals surface area (Å²) in [6.07, 6.45) is 1.59. The summed E-state index contributed by atoms with van der Waals surface area (Å²) < 4.78 is 5.02. The minimum Gasteiger partial charge on any atom is -0.462 e. The Balaban J connectivity index is 1.81. The van der Waals surface area contributed by atoms with Crippen LogP contribution in [-0.4, -0.2) is 48.2 Å². The van der Waals surface area contributed by atoms with Gasteiger partial charge in [0.05, 0.1) is 17.9 Å². The van der Waals surface area contributed by atoms with Crippen LogP contribution in [0.4, 0.5) is 5.95 Å². The maximum absolute atomic E-state index is 11.8. The topological polar surface area (TPSA) is 67.3 Å². The normalized spacial score (nSPS) is 27.8. The van der Waals surface area contributed by atoms with Crippen LogP contribution in [0.1, 0.15) is 29.9 Å². The molecule has 2 aliphatic heterocycles. The molecule has 0 bridgehead atoms. The quantitative estimate of drug-likeness (QED) is 0.838. The van der Waals surface area contributed by atoms with Crippen LogP contribution in [0.2, 0.25) is 0 Å². The van der Waals surface area contributed by atoms with E-state index in [0.717, 1.165) is 25.6 Å². The van der Waals surface area contributed by atoms with E-state index in [1.807, 2.05) is 6.92 Å². The molecule has 0 saturated carbocycles. The lowest BCUT2D eigenvalue weighted by Gasteiger charge is -2.24. The van der Waals surface area contributed by atoms with Gasteiger partial charge in [0.1, 0.15) is 0 Å². The van der Waals surface area contributed by atoms with E-state index in [1.54, 1.807) is 13.1 Å². The van der Waals surface area contributed by atoms with E-state index in [1.165, 1.54) is 0 Å². The van der Waals surface area contributed by atoms with Crippen molar-refractivity contribution in [2.24, 2.45) is 11.8 Å². The predicted molar refractivity (Wildman–Crippen MR) is 79.4 cm³/mol. The van der Waals surface area contributed by atoms with Gasteiger partial charge >= 0.3 is 5.97 Å². The predicted octanol–water partition coefficient (Wildman–Crippen LogP) is 1.01. The van der Waals surface area contributed by atoms with Crippen molar-refractivity contribution in [1.29, 1.82) is 0 Å². The molecular weight excluding hydrogens is 268 g/mol. The molecular formula is C15H22N4O2. The van der Waals surface area contributed by atoms with Crippen LogP contribution in [0.25, 0.3) is 0 Å². The lowest BCUT2D eigenvalue weighted by atomic mass is 9.95. The molecule has 6 nitrogen and oxygen atoms in total. The maximum Gasteiger partial charge on any atom is 0.341 e. The van der Waals surface area contributed by atoms with E-state index >= 15 is 0 Å². The molecule has 114 valence electrons. The SMILES string of the molecule is CCOC(=O)c1cnc(N2CC3CNCC3C2C)nc1C. The van der Waals surface area contributed by atoms with Gasteiger partial charge in [-0.1, -0.05) is 0 Å². The first-order valence-corrected chi connectivity index (χ1v) is 7.60. The van der Waals surface area contributed by atoms with Crippen molar-refractivity contribution >= 4 is 11.9 Å². The highest BCUT2D eigenvalue weighted by molar-refractivity contribution is 5.90. The highest BCUT2D eigenvalue weighted by Crippen LogP contribution is 2.34. The highest BCUT2D eigenvalue weighted by atomic mass is 16.5. The molecule has 0 aliphatic carbocycles. The molecule has 0 amide bonds. The zero-order chi connectivity index (χ0) is 15.0. The molecule has 3 rings (SSSR count). The molecule has 3 atom stereocenters. The molecule has 1 N–H and O–H groups in total. The maximum atomic E-state index is 11.8. The summed E-state index contributed by atoms with van der Waals surface area (Å²) in [6.45, 7) is 9.35. The highest BCUT2D eigenvalue weighted by Gasteiger charge is 2.42. The summed E-state index contributed by atoms with van der Waals surface area (Å²) in [7, 11) is 0. The van der Waals surface area contributed by atoms with Crippen LogP contribution in [-0.2, 0) is 4.74 Å². The minimum atomic E-state index is -0.350. The van der Waals surface area contributed by atoms with Gasteiger partial charge in [-0.15, -0.1) is 0 Å². The number of rotatable bonds is 3. The third kappa shape index (κ3) is 2.48. The largest absolute Gasteiger partial charge is 0.462 e. The number of hydrogen-bond acceptors (Lipinski definition) is 6. The Morgan fingerprint density at radius 1 is 1.52 bits per heavy atom. The Kier molecular flexibility index (Phi) is 3.80. The van der Waals surface area contributed by atoms with Crippen LogP contribution in [0.3, 0.4) is 0 Å². The van der Waals surface area contributed by atoms with Crippen LogP contribution in [0, 0.1) is 18.8 Å². The first kappa shape index (κ1) is 14.3. The van der Waals surface area contributed by atoms with Crippen molar-refractivity contribution in [3.8, 4) is 0 Å². The zero-order valence-electron chi connectivity index (χ0n) is 12.8. The van der Waals surface area contributed by atoms with E-state index in [-0.39, 0.29) is 5.97 Å². The van der Waals surface area contributed by atoms with Crippen LogP contribution >= 0.6 is 0 Å². The van der Waals surface area contributed by atoms with Crippen LogP contribution in [0.5, 0.6) is 0 Å². The summed E-state index contributed by atoms with van der Waals surface area (Å²) in [6, 6.07) is 0.429. The van der Waals surface area contributed by atoms with E-state index in [4.69, 9.17) is 4.74 Å². The number of hydrogen-bond donors (Lipinski definition) is 1. The standard InChI is InChI=1S/C15H22N4O2/c1-4-21-14(20)12-7-17-15(18-9(12)2)19-8-11-5-16-6-13(11)10(19)3/h7,10-11,13,16H,4-6,8H2,1-3H3. The van der Waals surface area contributed by atoms with Gasteiger partial charge in [-0.25, -0.2) is 14.8 Å². The molecule has 2 fully saturated rings. The van der Waals surface area contributed by atoms with Crippen molar-refractivity contribution in [2.75, 3.05) is 31.1 Å². The van der Waals surface area contributed by atoms with Gasteiger partial charge < -0.3 is 15.0 Å². The molecule has 0 aromatic carbocycles. The van der Waals surface area contributed by atoms with Crippen molar-refractivity contribution in [1.82, 2.24) is 15.3 Å². The molecule has 1 aromatic heterocycles. The van der Waals surface area contributed by atoms with Crippen molar-refractivity contribution in [2.45, 2.75) is 26.8 Å². The number of nitrogens with one attached hydrogen (secondary N) is 1. The number of ether oxygens (including phenoxy) is 1. The molecule has 2 aliphatic rings. The summed E-state index contributed by atoms with van der Waals surface area (Å²) in [5.74, 6) is 1.71. The number of anilines is 1. The lowest BCUT2D eigenvalue weighted by molar-refractivity contribution is 0.0524. The Morgan fingerprint density at radius 3 is 3.00 bits per heavy atom. The summed E-state index contributed by atoms with van der Waals surface area (Å²) in [4.78, 5) is 23.0. The lowest BCUT2D eigenvalue weighted by Crippen LogP contribution is -2.34. The number of esters is 1. The smallest absolute Gasteiger partial charge is 0.341 e. The number of aryl methyl sites for hydroxylation is 1. The van der Waals surface area contributed by atoms with Crippen LogP contribution < -0.4 is 10.2 Å². The first-order valence-electron chi connectivity index (χ1n) is 7.60. The molecule has 6 heteroatoms. The van der Waals surface area contributed by atoms with E-state index in [9.17, 15) is 4.79 Å². The molecule has 0 radical (unpaired) electrons. The summed E-state index contributed by atoms with van der Waals surface area (Å²) in [5, 5.41) is 3.45. The summed E-state index contributed by atoms with van der Waals surface area (Å²) in [5.41, 5.74) is 1.13. The molecule has 2 saturated heterocycles. The van der Waals surface area contributed by atoms with Crippen molar-refractivity contribution < 1.29 is 9.53 Å². The number of carbonyl (C=O) groups excluding carboxylic acids is 1. The Hall–Kier alpha value is -1.69. The molecule has 3 heterocycles.